The average molecular weight is 336 g/mol. The van der Waals surface area contributed by atoms with Gasteiger partial charge in [0.25, 0.3) is 0 Å². The van der Waals surface area contributed by atoms with Crippen molar-refractivity contribution in [2.45, 2.75) is 32.7 Å². The Morgan fingerprint density at radius 1 is 1.48 bits per heavy atom. The Balaban J connectivity index is 1.57. The van der Waals surface area contributed by atoms with Crippen LogP contribution >= 0.6 is 11.3 Å². The van der Waals surface area contributed by atoms with Gasteiger partial charge in [0.05, 0.1) is 37.1 Å². The summed E-state index contributed by atoms with van der Waals surface area (Å²) in [6.07, 6.45) is 1.00. The van der Waals surface area contributed by atoms with Gasteiger partial charge in [0.2, 0.25) is 5.91 Å². The fourth-order valence-corrected chi connectivity index (χ4v) is 3.58. The van der Waals surface area contributed by atoms with Gasteiger partial charge in [0, 0.05) is 23.3 Å². The first-order valence-corrected chi connectivity index (χ1v) is 8.34. The van der Waals surface area contributed by atoms with Crippen molar-refractivity contribution in [1.82, 2.24) is 15.5 Å². The van der Waals surface area contributed by atoms with E-state index in [1.807, 2.05) is 19.9 Å². The summed E-state index contributed by atoms with van der Waals surface area (Å²) in [4.78, 5) is 17.3. The van der Waals surface area contributed by atoms with Crippen LogP contribution in [0.5, 0.6) is 0 Å². The molecule has 0 spiro atoms. The number of ether oxygens (including phenoxy) is 1. The average Bonchev–Trinajstić information content (AvgIpc) is 3.15. The summed E-state index contributed by atoms with van der Waals surface area (Å²) in [5, 5.41) is 7.44. The number of hydrogen-bond acceptors (Lipinski definition) is 7. The lowest BCUT2D eigenvalue weighted by Crippen LogP contribution is -2.41. The lowest BCUT2D eigenvalue weighted by atomic mass is 9.98. The zero-order valence-electron chi connectivity index (χ0n) is 13.2. The lowest BCUT2D eigenvalue weighted by Gasteiger charge is -2.17. The normalized spacial score (nSPS) is 20.8. The molecule has 1 aliphatic heterocycles. The van der Waals surface area contributed by atoms with Gasteiger partial charge in [-0.15, -0.1) is 11.3 Å². The number of carbonyl (C=O) groups is 1. The van der Waals surface area contributed by atoms with Gasteiger partial charge in [-0.05, 0) is 13.8 Å². The second-order valence-corrected chi connectivity index (χ2v) is 6.96. The molecule has 1 saturated heterocycles. The number of nitrogens with zero attached hydrogens (tertiary/aromatic N) is 2. The number of carbonyl (C=O) groups excluding carboxylic acids is 1. The highest BCUT2D eigenvalue weighted by atomic mass is 32.1. The maximum absolute atomic E-state index is 12.3. The number of nitrogens with one attached hydrogen (secondary N) is 1. The van der Waals surface area contributed by atoms with E-state index in [1.165, 1.54) is 11.3 Å². The van der Waals surface area contributed by atoms with Gasteiger partial charge in [-0.2, -0.15) is 0 Å². The number of aromatic nitrogens is 2. The van der Waals surface area contributed by atoms with Crippen molar-refractivity contribution >= 4 is 22.4 Å². The Bertz CT molecular complexity index is 697. The van der Waals surface area contributed by atoms with Gasteiger partial charge in [-0.1, -0.05) is 5.16 Å². The number of rotatable bonds is 5. The Morgan fingerprint density at radius 2 is 2.30 bits per heavy atom. The third-order valence-electron chi connectivity index (χ3n) is 3.92. The Labute approximate surface area is 138 Å². The van der Waals surface area contributed by atoms with Gasteiger partial charge < -0.3 is 20.3 Å². The van der Waals surface area contributed by atoms with Crippen molar-refractivity contribution < 1.29 is 14.1 Å². The highest BCUT2D eigenvalue weighted by molar-refractivity contribution is 7.15. The molecule has 23 heavy (non-hydrogen) atoms. The quantitative estimate of drug-likeness (QED) is 0.851. The first-order chi connectivity index (χ1) is 11.0. The number of amides is 1. The molecule has 8 heteroatoms. The predicted octanol–water partition coefficient (Wildman–Crippen LogP) is 1.25. The molecule has 3 heterocycles. The van der Waals surface area contributed by atoms with Crippen LogP contribution in [-0.2, 0) is 22.4 Å². The molecule has 0 saturated carbocycles. The van der Waals surface area contributed by atoms with E-state index in [-0.39, 0.29) is 17.9 Å². The molecule has 0 aliphatic carbocycles. The van der Waals surface area contributed by atoms with Crippen molar-refractivity contribution in [3.63, 3.8) is 0 Å². The molecule has 3 N–H and O–H groups in total. The van der Waals surface area contributed by atoms with E-state index < -0.39 is 0 Å². The number of anilines is 1. The molecular weight excluding hydrogens is 316 g/mol. The molecule has 0 aromatic carbocycles. The van der Waals surface area contributed by atoms with Crippen molar-refractivity contribution in [3.8, 4) is 0 Å². The minimum absolute atomic E-state index is 0.0153. The van der Waals surface area contributed by atoms with Crippen molar-refractivity contribution in [3.05, 3.63) is 28.1 Å². The predicted molar refractivity (Wildman–Crippen MR) is 86.2 cm³/mol. The summed E-state index contributed by atoms with van der Waals surface area (Å²) < 4.78 is 10.8. The second kappa shape index (κ2) is 6.67. The van der Waals surface area contributed by atoms with Crippen LogP contribution in [-0.4, -0.2) is 35.3 Å². The first kappa shape index (κ1) is 15.9. The number of aryl methyl sites for hydroxylation is 2. The topological polar surface area (TPSA) is 103 Å². The van der Waals surface area contributed by atoms with Gasteiger partial charge in [0.1, 0.15) is 5.76 Å². The van der Waals surface area contributed by atoms with Crippen LogP contribution in [0.4, 0.5) is 5.13 Å². The van der Waals surface area contributed by atoms with Crippen LogP contribution < -0.4 is 11.1 Å². The molecule has 2 aromatic rings. The maximum Gasteiger partial charge on any atom is 0.225 e. The number of thiazole rings is 1. The molecule has 7 nitrogen and oxygen atoms in total. The Kier molecular flexibility index (Phi) is 4.63. The van der Waals surface area contributed by atoms with Crippen molar-refractivity contribution in [2.75, 3.05) is 18.9 Å². The Morgan fingerprint density at radius 3 is 2.96 bits per heavy atom. The highest BCUT2D eigenvalue weighted by Gasteiger charge is 2.31. The molecule has 0 bridgehead atoms. The van der Waals surface area contributed by atoms with Crippen LogP contribution in [0.25, 0.3) is 0 Å². The summed E-state index contributed by atoms with van der Waals surface area (Å²) >= 11 is 1.36. The molecular formula is C15H20N4O3S. The minimum Gasteiger partial charge on any atom is -0.379 e. The van der Waals surface area contributed by atoms with Crippen molar-refractivity contribution in [1.29, 1.82) is 0 Å². The second-order valence-electron chi connectivity index (χ2n) is 5.85. The summed E-state index contributed by atoms with van der Waals surface area (Å²) in [6, 6.07) is 1.90. The zero-order chi connectivity index (χ0) is 16.4. The van der Waals surface area contributed by atoms with Gasteiger partial charge >= 0.3 is 0 Å². The van der Waals surface area contributed by atoms with Gasteiger partial charge in [0.15, 0.2) is 5.13 Å². The van der Waals surface area contributed by atoms with E-state index in [0.717, 1.165) is 22.0 Å². The maximum atomic E-state index is 12.3. The van der Waals surface area contributed by atoms with Crippen LogP contribution in [0.2, 0.25) is 0 Å². The van der Waals surface area contributed by atoms with Crippen LogP contribution in [0.1, 0.15) is 22.0 Å². The third kappa shape index (κ3) is 3.89. The van der Waals surface area contributed by atoms with Gasteiger partial charge in [-0.25, -0.2) is 4.98 Å². The molecule has 0 unspecified atom stereocenters. The van der Waals surface area contributed by atoms with Crippen LogP contribution in [0.15, 0.2) is 10.6 Å². The molecule has 2 atom stereocenters. The number of nitrogens with two attached hydrogens (primary N) is 1. The van der Waals surface area contributed by atoms with E-state index in [1.54, 1.807) is 0 Å². The zero-order valence-corrected chi connectivity index (χ0v) is 14.0. The monoisotopic (exact) mass is 336 g/mol. The molecule has 1 amide bonds. The van der Waals surface area contributed by atoms with E-state index in [4.69, 9.17) is 15.0 Å². The lowest BCUT2D eigenvalue weighted by molar-refractivity contribution is -0.121. The largest absolute Gasteiger partial charge is 0.379 e. The smallest absolute Gasteiger partial charge is 0.225 e. The molecule has 2 aromatic heterocycles. The molecule has 1 aliphatic rings. The number of nitrogen functional groups attached to an aromatic ring is 1. The molecule has 3 rings (SSSR count). The third-order valence-corrected chi connectivity index (χ3v) is 4.90. The molecule has 1 fully saturated rings. The fourth-order valence-electron chi connectivity index (χ4n) is 2.75. The Hall–Kier alpha value is -1.93. The summed E-state index contributed by atoms with van der Waals surface area (Å²) in [7, 11) is 0. The summed E-state index contributed by atoms with van der Waals surface area (Å²) in [6.45, 7) is 4.88. The first-order valence-electron chi connectivity index (χ1n) is 7.52. The van der Waals surface area contributed by atoms with E-state index in [9.17, 15) is 4.79 Å². The van der Waals surface area contributed by atoms with E-state index in [2.05, 4.69) is 15.5 Å². The van der Waals surface area contributed by atoms with Crippen LogP contribution in [0.3, 0.4) is 0 Å². The van der Waals surface area contributed by atoms with E-state index >= 15 is 0 Å². The van der Waals surface area contributed by atoms with E-state index in [0.29, 0.717) is 31.2 Å². The van der Waals surface area contributed by atoms with Crippen LogP contribution in [0, 0.1) is 19.8 Å². The standard InChI is InChI=1S/C15H20N4O3S/c1-8-3-11(22-19-8)4-10-6-21-7-12(10)18-14(20)5-13-9(2)17-15(16)23-13/h3,10,12H,4-7H2,1-2H3,(H2,16,17)(H,18,20)/t10-,12+/m0/s1. The molecule has 0 radical (unpaired) electrons. The fraction of sp³-hybridized carbons (Fsp3) is 0.533. The summed E-state index contributed by atoms with van der Waals surface area (Å²) in [5.74, 6) is 0.980. The highest BCUT2D eigenvalue weighted by Crippen LogP contribution is 2.22. The van der Waals surface area contributed by atoms with Gasteiger partial charge in [-0.3, -0.25) is 4.79 Å². The summed E-state index contributed by atoms with van der Waals surface area (Å²) in [5.41, 5.74) is 7.35. The SMILES string of the molecule is Cc1cc(C[C@H]2COC[C@H]2NC(=O)Cc2sc(N)nc2C)on1. The minimum atomic E-state index is -0.0361. The molecule has 124 valence electrons. The van der Waals surface area contributed by atoms with Crippen molar-refractivity contribution in [2.24, 2.45) is 5.92 Å². The number of hydrogen-bond donors (Lipinski definition) is 2.